The molecule has 0 saturated carbocycles. The molecular weight excluding hydrogens is 233 g/mol. The van der Waals surface area contributed by atoms with Gasteiger partial charge in [0, 0.05) is 11.5 Å². The molecule has 0 radical (unpaired) electrons. The van der Waals surface area contributed by atoms with Crippen LogP contribution in [-0.4, -0.2) is 11.8 Å². The summed E-state index contributed by atoms with van der Waals surface area (Å²) in [4.78, 5) is 5.21. The van der Waals surface area contributed by atoms with Crippen molar-refractivity contribution >= 4 is 28.9 Å². The Hall–Kier alpha value is -0.730. The molecule has 15 heavy (non-hydrogen) atoms. The average Bonchev–Trinajstić information content (AvgIpc) is 2.49. The van der Waals surface area contributed by atoms with Gasteiger partial charge >= 0.3 is 0 Å². The minimum absolute atomic E-state index is 0.0762. The van der Waals surface area contributed by atoms with E-state index in [4.69, 9.17) is 28.0 Å². The van der Waals surface area contributed by atoms with E-state index >= 15 is 0 Å². The Balaban J connectivity index is 2.47. The maximum atomic E-state index is 6.10. The van der Waals surface area contributed by atoms with Crippen LogP contribution in [0.4, 0.5) is 0 Å². The van der Waals surface area contributed by atoms with Crippen molar-refractivity contribution in [2.45, 2.75) is 20.0 Å². The van der Waals surface area contributed by atoms with E-state index in [9.17, 15) is 0 Å². The van der Waals surface area contributed by atoms with Crippen LogP contribution in [0, 0.1) is 5.92 Å². The van der Waals surface area contributed by atoms with Gasteiger partial charge in [-0.15, -0.1) is 0 Å². The number of nitrogens with zero attached hydrogens (tertiary/aromatic N) is 1. The highest BCUT2D eigenvalue weighted by atomic mass is 35.5. The summed E-state index contributed by atoms with van der Waals surface area (Å²) < 4.78 is 0. The smallest absolute Gasteiger partial charge is 0.133 e. The van der Waals surface area contributed by atoms with Crippen molar-refractivity contribution in [2.75, 3.05) is 0 Å². The first-order valence-corrected chi connectivity index (χ1v) is 5.55. The van der Waals surface area contributed by atoms with Crippen LogP contribution in [0.3, 0.4) is 0 Å². The summed E-state index contributed by atoms with van der Waals surface area (Å²) in [7, 11) is 0. The summed E-state index contributed by atoms with van der Waals surface area (Å²) in [6.07, 6.45) is 0.0762. The lowest BCUT2D eigenvalue weighted by Crippen LogP contribution is -2.18. The molecule has 1 aromatic carbocycles. The van der Waals surface area contributed by atoms with E-state index < -0.39 is 0 Å². The minimum Gasteiger partial charge on any atom is -0.392 e. The van der Waals surface area contributed by atoms with Crippen molar-refractivity contribution in [1.29, 1.82) is 0 Å². The van der Waals surface area contributed by atoms with Crippen molar-refractivity contribution in [3.8, 4) is 0 Å². The maximum absolute atomic E-state index is 6.10. The maximum Gasteiger partial charge on any atom is 0.133 e. The van der Waals surface area contributed by atoms with E-state index in [1.807, 2.05) is 13.0 Å². The number of oxime groups is 1. The third kappa shape index (κ3) is 1.84. The van der Waals surface area contributed by atoms with Gasteiger partial charge in [-0.25, -0.2) is 0 Å². The number of rotatable bonds is 1. The Morgan fingerprint density at radius 3 is 2.27 bits per heavy atom. The van der Waals surface area contributed by atoms with Crippen LogP contribution < -0.4 is 0 Å². The number of halogens is 2. The number of hydrogen-bond acceptors (Lipinski definition) is 2. The monoisotopic (exact) mass is 243 g/mol. The standard InChI is InChI=1S/C11H11Cl2NO/c1-6-7(2)15-14-11(6)10-8(12)4-3-5-9(10)13/h3-7H,1-2H3. The van der Waals surface area contributed by atoms with E-state index in [2.05, 4.69) is 12.1 Å². The summed E-state index contributed by atoms with van der Waals surface area (Å²) >= 11 is 12.2. The van der Waals surface area contributed by atoms with E-state index in [0.717, 1.165) is 11.3 Å². The molecule has 1 aliphatic rings. The molecule has 2 nitrogen and oxygen atoms in total. The Bertz CT molecular complexity index is 397. The molecule has 0 aromatic heterocycles. The predicted octanol–water partition coefficient (Wildman–Crippen LogP) is 3.75. The van der Waals surface area contributed by atoms with Crippen molar-refractivity contribution < 1.29 is 4.84 Å². The van der Waals surface area contributed by atoms with Crippen LogP contribution in [0.5, 0.6) is 0 Å². The Morgan fingerprint density at radius 2 is 1.80 bits per heavy atom. The van der Waals surface area contributed by atoms with Gasteiger partial charge in [0.2, 0.25) is 0 Å². The molecule has 0 fully saturated rings. The zero-order valence-corrected chi connectivity index (χ0v) is 10.0. The molecule has 2 atom stereocenters. The quantitative estimate of drug-likeness (QED) is 0.737. The molecule has 2 unspecified atom stereocenters. The summed E-state index contributed by atoms with van der Waals surface area (Å²) in [5.74, 6) is 0.211. The first kappa shape index (κ1) is 10.8. The van der Waals surface area contributed by atoms with Gasteiger partial charge in [-0.2, -0.15) is 0 Å². The average molecular weight is 244 g/mol. The molecule has 2 rings (SSSR count). The van der Waals surface area contributed by atoms with Crippen molar-refractivity contribution in [1.82, 2.24) is 0 Å². The van der Waals surface area contributed by atoms with Crippen LogP contribution in [0.25, 0.3) is 0 Å². The van der Waals surface area contributed by atoms with E-state index in [1.54, 1.807) is 12.1 Å². The summed E-state index contributed by atoms with van der Waals surface area (Å²) in [6, 6.07) is 5.43. The summed E-state index contributed by atoms with van der Waals surface area (Å²) in [6.45, 7) is 4.03. The fourth-order valence-electron chi connectivity index (χ4n) is 1.55. The SMILES string of the molecule is CC1ON=C(c2c(Cl)cccc2Cl)C1C. The molecule has 0 aliphatic carbocycles. The minimum atomic E-state index is 0.0762. The zero-order valence-electron chi connectivity index (χ0n) is 8.50. The Kier molecular flexibility index (Phi) is 2.89. The topological polar surface area (TPSA) is 21.6 Å². The third-order valence-corrected chi connectivity index (χ3v) is 3.30. The fourth-order valence-corrected chi connectivity index (χ4v) is 2.14. The lowest BCUT2D eigenvalue weighted by Gasteiger charge is -2.11. The van der Waals surface area contributed by atoms with Crippen LogP contribution >= 0.6 is 23.2 Å². The van der Waals surface area contributed by atoms with Crippen LogP contribution in [0.15, 0.2) is 23.4 Å². The number of benzene rings is 1. The normalized spacial score (nSPS) is 24.9. The molecular formula is C11H11Cl2NO. The molecule has 0 spiro atoms. The molecule has 4 heteroatoms. The summed E-state index contributed by atoms with van der Waals surface area (Å²) in [5.41, 5.74) is 1.62. The molecule has 80 valence electrons. The lowest BCUT2D eigenvalue weighted by atomic mass is 9.95. The molecule has 0 N–H and O–H groups in total. The molecule has 1 aliphatic heterocycles. The first-order valence-electron chi connectivity index (χ1n) is 4.79. The van der Waals surface area contributed by atoms with Crippen LogP contribution in [0.2, 0.25) is 10.0 Å². The van der Waals surface area contributed by atoms with Gasteiger partial charge in [-0.3, -0.25) is 0 Å². The fraction of sp³-hybridized carbons (Fsp3) is 0.364. The zero-order chi connectivity index (χ0) is 11.0. The second-order valence-corrected chi connectivity index (χ2v) is 4.49. The molecule has 0 saturated heterocycles. The van der Waals surface area contributed by atoms with E-state index in [-0.39, 0.29) is 12.0 Å². The summed E-state index contributed by atoms with van der Waals surface area (Å²) in [5, 5.41) is 5.27. The van der Waals surface area contributed by atoms with Crippen molar-refractivity contribution in [3.05, 3.63) is 33.8 Å². The van der Waals surface area contributed by atoms with Gasteiger partial charge in [-0.05, 0) is 19.1 Å². The van der Waals surface area contributed by atoms with Gasteiger partial charge < -0.3 is 4.84 Å². The highest BCUT2D eigenvalue weighted by molar-refractivity contribution is 6.40. The third-order valence-electron chi connectivity index (χ3n) is 2.67. The number of hydrogen-bond donors (Lipinski definition) is 0. The van der Waals surface area contributed by atoms with Crippen molar-refractivity contribution in [2.24, 2.45) is 11.1 Å². The van der Waals surface area contributed by atoms with Crippen LogP contribution in [-0.2, 0) is 4.84 Å². The second-order valence-electron chi connectivity index (χ2n) is 3.67. The van der Waals surface area contributed by atoms with E-state index in [0.29, 0.717) is 10.0 Å². The Labute approximate surface area is 98.8 Å². The predicted molar refractivity (Wildman–Crippen MR) is 62.7 cm³/mol. The molecule has 1 heterocycles. The molecule has 0 amide bonds. The molecule has 0 bridgehead atoms. The lowest BCUT2D eigenvalue weighted by molar-refractivity contribution is 0.0799. The second kappa shape index (κ2) is 4.03. The van der Waals surface area contributed by atoms with Gasteiger partial charge in [-0.1, -0.05) is 41.3 Å². The van der Waals surface area contributed by atoms with Gasteiger partial charge in [0.25, 0.3) is 0 Å². The van der Waals surface area contributed by atoms with E-state index in [1.165, 1.54) is 0 Å². The van der Waals surface area contributed by atoms with Gasteiger partial charge in [0.15, 0.2) is 0 Å². The highest BCUT2D eigenvalue weighted by Crippen LogP contribution is 2.31. The van der Waals surface area contributed by atoms with Gasteiger partial charge in [0.1, 0.15) is 6.10 Å². The highest BCUT2D eigenvalue weighted by Gasteiger charge is 2.30. The Morgan fingerprint density at radius 1 is 1.20 bits per heavy atom. The first-order chi connectivity index (χ1) is 7.11. The largest absolute Gasteiger partial charge is 0.392 e. The molecule has 1 aromatic rings. The van der Waals surface area contributed by atoms with Crippen molar-refractivity contribution in [3.63, 3.8) is 0 Å². The van der Waals surface area contributed by atoms with Crippen LogP contribution in [0.1, 0.15) is 19.4 Å². The van der Waals surface area contributed by atoms with Gasteiger partial charge in [0.05, 0.1) is 15.8 Å².